The third-order valence-electron chi connectivity index (χ3n) is 4.66. The number of aryl methyl sites for hydroxylation is 1. The second-order valence-corrected chi connectivity index (χ2v) is 7.60. The van der Waals surface area contributed by atoms with Crippen molar-refractivity contribution in [2.75, 3.05) is 18.8 Å². The van der Waals surface area contributed by atoms with Gasteiger partial charge in [-0.2, -0.15) is 0 Å². The highest BCUT2D eigenvalue weighted by Crippen LogP contribution is 2.23. The van der Waals surface area contributed by atoms with Gasteiger partial charge < -0.3 is 9.88 Å². The molecule has 0 saturated carbocycles. The fourth-order valence-corrected chi connectivity index (χ4v) is 3.89. The predicted octanol–water partition coefficient (Wildman–Crippen LogP) is 3.74. The molecule has 2 aromatic rings. The summed E-state index contributed by atoms with van der Waals surface area (Å²) in [4.78, 5) is 35.1. The normalized spacial score (nSPS) is 12.5. The Balaban J connectivity index is 2.30. The molecule has 0 bridgehead atoms. The Labute approximate surface area is 159 Å². The molecule has 0 unspecified atom stereocenters. The molecule has 2 rings (SSSR count). The summed E-state index contributed by atoms with van der Waals surface area (Å²) in [7, 11) is 0. The molecule has 1 N–H and O–H groups in total. The van der Waals surface area contributed by atoms with Gasteiger partial charge in [-0.3, -0.25) is 14.2 Å². The Morgan fingerprint density at radius 1 is 1.38 bits per heavy atom. The number of nitrogens with one attached hydrogen (secondary N) is 1. The lowest BCUT2D eigenvalue weighted by Crippen LogP contribution is -2.33. The third-order valence-corrected chi connectivity index (χ3v) is 5.60. The van der Waals surface area contributed by atoms with Gasteiger partial charge in [-0.25, -0.2) is 4.98 Å². The van der Waals surface area contributed by atoms with E-state index in [0.29, 0.717) is 28.5 Å². The van der Waals surface area contributed by atoms with Crippen LogP contribution in [0.4, 0.5) is 0 Å². The van der Waals surface area contributed by atoms with E-state index in [1.54, 1.807) is 4.57 Å². The summed E-state index contributed by atoms with van der Waals surface area (Å²) < 4.78 is 1.72. The van der Waals surface area contributed by atoms with E-state index in [1.807, 2.05) is 38.7 Å². The fraction of sp³-hybridized carbons (Fsp3) is 0.632. The Hall–Kier alpha value is -1.76. The first-order valence-corrected chi connectivity index (χ1v) is 10.4. The second-order valence-electron chi connectivity index (χ2n) is 6.66. The van der Waals surface area contributed by atoms with Crippen molar-refractivity contribution < 1.29 is 4.79 Å². The first-order chi connectivity index (χ1) is 12.4. The van der Waals surface area contributed by atoms with E-state index in [4.69, 9.17) is 0 Å². The van der Waals surface area contributed by atoms with Crippen molar-refractivity contribution in [3.63, 3.8) is 0 Å². The summed E-state index contributed by atoms with van der Waals surface area (Å²) in [6.45, 7) is 11.6. The summed E-state index contributed by atoms with van der Waals surface area (Å²) in [5.74, 6) is 0.399. The van der Waals surface area contributed by atoms with E-state index in [2.05, 4.69) is 16.9 Å². The van der Waals surface area contributed by atoms with Crippen molar-refractivity contribution in [2.24, 2.45) is 0 Å². The lowest BCUT2D eigenvalue weighted by atomic mass is 10.2. The molecule has 1 amide bonds. The van der Waals surface area contributed by atoms with Crippen LogP contribution < -0.4 is 5.56 Å². The van der Waals surface area contributed by atoms with E-state index < -0.39 is 0 Å². The largest absolute Gasteiger partial charge is 0.353 e. The molecule has 0 aliphatic heterocycles. The van der Waals surface area contributed by atoms with Crippen LogP contribution >= 0.6 is 11.8 Å². The standard InChI is InChI=1S/C19H30N4O2S/c1-6-9-10-22(8-3)16(24)12-26-19-21-15-11-13(4)20-17(15)18(25)23(19)14(5)7-2/h11,14,20H,6-10,12H2,1-5H3/t14-/m1/s1. The summed E-state index contributed by atoms with van der Waals surface area (Å²) in [5, 5.41) is 0.621. The number of aromatic nitrogens is 3. The molecule has 2 aromatic heterocycles. The van der Waals surface area contributed by atoms with Crippen LogP contribution in [-0.4, -0.2) is 44.2 Å². The molecular weight excluding hydrogens is 348 g/mol. The molecule has 0 aliphatic carbocycles. The zero-order valence-corrected chi connectivity index (χ0v) is 17.3. The number of carbonyl (C=O) groups is 1. The van der Waals surface area contributed by atoms with Crippen molar-refractivity contribution in [3.05, 3.63) is 22.1 Å². The zero-order chi connectivity index (χ0) is 19.3. The van der Waals surface area contributed by atoms with E-state index >= 15 is 0 Å². The van der Waals surface area contributed by atoms with Gasteiger partial charge in [0.25, 0.3) is 5.56 Å². The van der Waals surface area contributed by atoms with Crippen LogP contribution in [0.5, 0.6) is 0 Å². The minimum absolute atomic E-state index is 0.0305. The number of nitrogens with zero attached hydrogens (tertiary/aromatic N) is 3. The predicted molar refractivity (Wildman–Crippen MR) is 108 cm³/mol. The number of unbranched alkanes of at least 4 members (excludes halogenated alkanes) is 1. The van der Waals surface area contributed by atoms with Crippen LogP contribution in [0.15, 0.2) is 16.0 Å². The summed E-state index contributed by atoms with van der Waals surface area (Å²) in [6, 6.07) is 1.91. The van der Waals surface area contributed by atoms with Gasteiger partial charge in [0.05, 0.1) is 11.3 Å². The summed E-state index contributed by atoms with van der Waals surface area (Å²) >= 11 is 1.36. The monoisotopic (exact) mass is 378 g/mol. The van der Waals surface area contributed by atoms with Crippen LogP contribution in [-0.2, 0) is 4.79 Å². The molecule has 0 aliphatic rings. The fourth-order valence-electron chi connectivity index (χ4n) is 2.89. The van der Waals surface area contributed by atoms with Gasteiger partial charge in [0, 0.05) is 24.8 Å². The minimum atomic E-state index is -0.0641. The minimum Gasteiger partial charge on any atom is -0.353 e. The number of H-pyrrole nitrogens is 1. The Bertz CT molecular complexity index is 812. The molecular formula is C19H30N4O2S. The van der Waals surface area contributed by atoms with Crippen molar-refractivity contribution >= 4 is 28.7 Å². The van der Waals surface area contributed by atoms with Gasteiger partial charge in [-0.1, -0.05) is 32.0 Å². The van der Waals surface area contributed by atoms with E-state index in [9.17, 15) is 9.59 Å². The van der Waals surface area contributed by atoms with Gasteiger partial charge in [0.15, 0.2) is 5.16 Å². The van der Waals surface area contributed by atoms with Crippen molar-refractivity contribution in [1.82, 2.24) is 19.4 Å². The molecule has 0 aromatic carbocycles. The number of hydrogen-bond donors (Lipinski definition) is 1. The van der Waals surface area contributed by atoms with Crippen LogP contribution in [0.3, 0.4) is 0 Å². The maximum absolute atomic E-state index is 12.9. The number of hydrogen-bond acceptors (Lipinski definition) is 4. The average molecular weight is 379 g/mol. The number of amides is 1. The van der Waals surface area contributed by atoms with Gasteiger partial charge in [0.2, 0.25) is 5.91 Å². The Kier molecular flexibility index (Phi) is 7.32. The van der Waals surface area contributed by atoms with E-state index in [-0.39, 0.29) is 17.5 Å². The molecule has 7 heteroatoms. The molecule has 144 valence electrons. The SMILES string of the molecule is CCCCN(CC)C(=O)CSc1nc2cc(C)[nH]c2c(=O)n1[C@H](C)CC. The van der Waals surface area contributed by atoms with E-state index in [0.717, 1.165) is 31.5 Å². The number of aromatic amines is 1. The van der Waals surface area contributed by atoms with Gasteiger partial charge in [-0.15, -0.1) is 0 Å². The number of rotatable bonds is 9. The molecule has 2 heterocycles. The van der Waals surface area contributed by atoms with Crippen molar-refractivity contribution in [3.8, 4) is 0 Å². The van der Waals surface area contributed by atoms with Crippen LogP contribution in [0.1, 0.15) is 58.7 Å². The third kappa shape index (κ3) is 4.50. The molecule has 0 radical (unpaired) electrons. The van der Waals surface area contributed by atoms with Gasteiger partial charge >= 0.3 is 0 Å². The molecule has 0 saturated heterocycles. The van der Waals surface area contributed by atoms with Crippen LogP contribution in [0.25, 0.3) is 11.0 Å². The molecule has 0 spiro atoms. The van der Waals surface area contributed by atoms with E-state index in [1.165, 1.54) is 11.8 Å². The van der Waals surface area contributed by atoms with Crippen molar-refractivity contribution in [2.45, 2.75) is 65.1 Å². The first-order valence-electron chi connectivity index (χ1n) is 9.45. The molecule has 1 atom stereocenters. The van der Waals surface area contributed by atoms with Crippen molar-refractivity contribution in [1.29, 1.82) is 0 Å². The summed E-state index contributed by atoms with van der Waals surface area (Å²) in [6.07, 6.45) is 2.90. The topological polar surface area (TPSA) is 71.0 Å². The highest BCUT2D eigenvalue weighted by molar-refractivity contribution is 7.99. The molecule has 0 fully saturated rings. The number of fused-ring (bicyclic) bond motifs is 1. The molecule has 26 heavy (non-hydrogen) atoms. The average Bonchev–Trinajstić information content (AvgIpc) is 3.00. The smallest absolute Gasteiger partial charge is 0.278 e. The number of carbonyl (C=O) groups excluding carboxylic acids is 1. The Morgan fingerprint density at radius 3 is 2.73 bits per heavy atom. The lowest BCUT2D eigenvalue weighted by Gasteiger charge is -2.21. The maximum Gasteiger partial charge on any atom is 0.278 e. The van der Waals surface area contributed by atoms with Gasteiger partial charge in [-0.05, 0) is 39.7 Å². The zero-order valence-electron chi connectivity index (χ0n) is 16.5. The molecule has 6 nitrogen and oxygen atoms in total. The highest BCUT2D eigenvalue weighted by Gasteiger charge is 2.19. The Morgan fingerprint density at radius 2 is 2.12 bits per heavy atom. The van der Waals surface area contributed by atoms with Gasteiger partial charge in [0.1, 0.15) is 5.52 Å². The quantitative estimate of drug-likeness (QED) is 0.533. The van der Waals surface area contributed by atoms with Crippen LogP contribution in [0.2, 0.25) is 0 Å². The second kappa shape index (κ2) is 9.26. The highest BCUT2D eigenvalue weighted by atomic mass is 32.2. The number of thioether (sulfide) groups is 1. The lowest BCUT2D eigenvalue weighted by molar-refractivity contribution is -0.128. The van der Waals surface area contributed by atoms with Crippen LogP contribution in [0, 0.1) is 6.92 Å². The first kappa shape index (κ1) is 20.6. The summed E-state index contributed by atoms with van der Waals surface area (Å²) in [5.41, 5.74) is 2.05. The maximum atomic E-state index is 12.9.